The van der Waals surface area contributed by atoms with Crippen LogP contribution < -0.4 is 0 Å². The zero-order chi connectivity index (χ0) is 17.8. The second-order valence-electron chi connectivity index (χ2n) is 6.56. The van der Waals surface area contributed by atoms with Gasteiger partial charge in [-0.05, 0) is 48.4 Å². The van der Waals surface area contributed by atoms with Gasteiger partial charge in [0.05, 0.1) is 10.6 Å². The van der Waals surface area contributed by atoms with E-state index in [9.17, 15) is 4.79 Å². The standard InChI is InChI=1S/C21H22N2OS/c1-15(2)14-23-20(24)19(13-17-7-5-4-6-8-17)25-21(23)22-18-11-9-16(3)10-12-18/h4-13,15H,14H2,1-3H3/b19-13+,22-21?. The molecule has 1 aliphatic heterocycles. The van der Waals surface area contributed by atoms with Crippen LogP contribution in [-0.2, 0) is 4.79 Å². The van der Waals surface area contributed by atoms with Gasteiger partial charge in [0.2, 0.25) is 0 Å². The summed E-state index contributed by atoms with van der Waals surface area (Å²) in [6.45, 7) is 6.94. The summed E-state index contributed by atoms with van der Waals surface area (Å²) in [5, 5.41) is 0.754. The second-order valence-corrected chi connectivity index (χ2v) is 7.57. The van der Waals surface area contributed by atoms with E-state index in [2.05, 4.69) is 20.8 Å². The number of hydrogen-bond donors (Lipinski definition) is 0. The first-order chi connectivity index (χ1) is 12.0. The summed E-state index contributed by atoms with van der Waals surface area (Å²) in [7, 11) is 0. The molecule has 0 saturated carbocycles. The van der Waals surface area contributed by atoms with E-state index in [0.29, 0.717) is 12.5 Å². The molecule has 1 heterocycles. The molecule has 0 unspecified atom stereocenters. The smallest absolute Gasteiger partial charge is 0.266 e. The Bertz CT molecular complexity index is 808. The summed E-state index contributed by atoms with van der Waals surface area (Å²) in [6.07, 6.45) is 1.94. The van der Waals surface area contributed by atoms with Crippen LogP contribution in [0.25, 0.3) is 6.08 Å². The molecule has 3 rings (SSSR count). The van der Waals surface area contributed by atoms with Crippen LogP contribution in [0, 0.1) is 12.8 Å². The highest BCUT2D eigenvalue weighted by Crippen LogP contribution is 2.34. The molecule has 4 heteroatoms. The van der Waals surface area contributed by atoms with E-state index in [1.54, 1.807) is 4.90 Å². The number of carbonyl (C=O) groups is 1. The molecule has 0 radical (unpaired) electrons. The minimum Gasteiger partial charge on any atom is -0.286 e. The predicted octanol–water partition coefficient (Wildman–Crippen LogP) is 5.26. The van der Waals surface area contributed by atoms with Gasteiger partial charge >= 0.3 is 0 Å². The first-order valence-electron chi connectivity index (χ1n) is 8.45. The number of aliphatic imine (C=N–C) groups is 1. The Morgan fingerprint density at radius 2 is 1.76 bits per heavy atom. The Kier molecular flexibility index (Phi) is 5.39. The van der Waals surface area contributed by atoms with E-state index in [4.69, 9.17) is 4.99 Å². The molecule has 0 atom stereocenters. The maximum Gasteiger partial charge on any atom is 0.266 e. The van der Waals surface area contributed by atoms with Crippen molar-refractivity contribution in [1.82, 2.24) is 4.90 Å². The highest BCUT2D eigenvalue weighted by molar-refractivity contribution is 8.18. The average molecular weight is 350 g/mol. The number of thioether (sulfide) groups is 1. The minimum atomic E-state index is 0.0356. The van der Waals surface area contributed by atoms with Crippen molar-refractivity contribution in [3.05, 3.63) is 70.6 Å². The van der Waals surface area contributed by atoms with E-state index >= 15 is 0 Å². The number of benzene rings is 2. The van der Waals surface area contributed by atoms with Gasteiger partial charge in [0.1, 0.15) is 0 Å². The van der Waals surface area contributed by atoms with Gasteiger partial charge < -0.3 is 0 Å². The van der Waals surface area contributed by atoms with Gasteiger partial charge in [-0.1, -0.05) is 61.9 Å². The van der Waals surface area contributed by atoms with Gasteiger partial charge in [-0.15, -0.1) is 0 Å². The lowest BCUT2D eigenvalue weighted by atomic mass is 10.2. The number of rotatable bonds is 4. The van der Waals surface area contributed by atoms with Crippen molar-refractivity contribution >= 4 is 34.6 Å². The molecule has 1 saturated heterocycles. The van der Waals surface area contributed by atoms with Gasteiger partial charge in [-0.3, -0.25) is 9.69 Å². The molecular weight excluding hydrogens is 328 g/mol. The Morgan fingerprint density at radius 1 is 1.08 bits per heavy atom. The van der Waals surface area contributed by atoms with Crippen molar-refractivity contribution in [2.45, 2.75) is 20.8 Å². The fourth-order valence-corrected chi connectivity index (χ4v) is 3.56. The van der Waals surface area contributed by atoms with Crippen LogP contribution in [0.1, 0.15) is 25.0 Å². The molecule has 2 aromatic carbocycles. The van der Waals surface area contributed by atoms with Crippen LogP contribution in [0.3, 0.4) is 0 Å². The van der Waals surface area contributed by atoms with Crippen LogP contribution in [-0.4, -0.2) is 22.5 Å². The third-order valence-corrected chi connectivity index (χ3v) is 4.80. The molecule has 0 N–H and O–H groups in total. The molecule has 0 spiro atoms. The SMILES string of the molecule is Cc1ccc(N=C2S/C(=C/c3ccccc3)C(=O)N2CC(C)C)cc1. The zero-order valence-corrected chi connectivity index (χ0v) is 15.6. The number of amides is 1. The lowest BCUT2D eigenvalue weighted by Gasteiger charge is -2.17. The Labute approximate surface area is 153 Å². The van der Waals surface area contributed by atoms with Crippen molar-refractivity contribution in [2.75, 3.05) is 6.54 Å². The van der Waals surface area contributed by atoms with Gasteiger partial charge in [0.15, 0.2) is 5.17 Å². The summed E-state index contributed by atoms with van der Waals surface area (Å²) in [4.78, 5) is 20.1. The van der Waals surface area contributed by atoms with Crippen molar-refractivity contribution < 1.29 is 4.79 Å². The van der Waals surface area contributed by atoms with Gasteiger partial charge in [0, 0.05) is 6.54 Å². The van der Waals surface area contributed by atoms with E-state index < -0.39 is 0 Å². The number of nitrogens with zero attached hydrogens (tertiary/aromatic N) is 2. The lowest BCUT2D eigenvalue weighted by Crippen LogP contribution is -2.32. The largest absolute Gasteiger partial charge is 0.286 e. The predicted molar refractivity (Wildman–Crippen MR) is 107 cm³/mol. The van der Waals surface area contributed by atoms with Crippen molar-refractivity contribution in [3.8, 4) is 0 Å². The van der Waals surface area contributed by atoms with Crippen LogP contribution in [0.4, 0.5) is 5.69 Å². The zero-order valence-electron chi connectivity index (χ0n) is 14.8. The normalized spacial score (nSPS) is 17.9. The maximum atomic E-state index is 12.9. The van der Waals surface area contributed by atoms with Crippen molar-refractivity contribution in [3.63, 3.8) is 0 Å². The maximum absolute atomic E-state index is 12.9. The summed E-state index contributed by atoms with van der Waals surface area (Å²) < 4.78 is 0. The molecular formula is C21H22N2OS. The van der Waals surface area contributed by atoms with Gasteiger partial charge in [0.25, 0.3) is 5.91 Å². The van der Waals surface area contributed by atoms with Crippen molar-refractivity contribution in [2.24, 2.45) is 10.9 Å². The number of hydrogen-bond acceptors (Lipinski definition) is 3. The van der Waals surface area contributed by atoms with Gasteiger partial charge in [-0.2, -0.15) is 0 Å². The van der Waals surface area contributed by atoms with Crippen LogP contribution in [0.2, 0.25) is 0 Å². The fraction of sp³-hybridized carbons (Fsp3) is 0.238. The third-order valence-electron chi connectivity index (χ3n) is 3.79. The van der Waals surface area contributed by atoms with Crippen LogP contribution >= 0.6 is 11.8 Å². The Morgan fingerprint density at radius 3 is 2.40 bits per heavy atom. The molecule has 1 amide bonds. The van der Waals surface area contributed by atoms with E-state index in [1.165, 1.54) is 17.3 Å². The topological polar surface area (TPSA) is 32.7 Å². The Balaban J connectivity index is 1.94. The molecule has 128 valence electrons. The molecule has 3 nitrogen and oxygen atoms in total. The summed E-state index contributed by atoms with van der Waals surface area (Å²) >= 11 is 1.45. The summed E-state index contributed by atoms with van der Waals surface area (Å²) in [5.74, 6) is 0.414. The number of carbonyl (C=O) groups excluding carboxylic acids is 1. The number of aryl methyl sites for hydroxylation is 1. The molecule has 25 heavy (non-hydrogen) atoms. The molecule has 0 aliphatic carbocycles. The molecule has 0 bridgehead atoms. The van der Waals surface area contributed by atoms with Crippen molar-refractivity contribution in [1.29, 1.82) is 0 Å². The first-order valence-corrected chi connectivity index (χ1v) is 9.26. The average Bonchev–Trinajstić information content (AvgIpc) is 2.86. The first kappa shape index (κ1) is 17.5. The molecule has 2 aromatic rings. The lowest BCUT2D eigenvalue weighted by molar-refractivity contribution is -0.122. The van der Waals surface area contributed by atoms with Gasteiger partial charge in [-0.25, -0.2) is 4.99 Å². The minimum absolute atomic E-state index is 0.0356. The fourth-order valence-electron chi connectivity index (χ4n) is 2.55. The number of amidine groups is 1. The van der Waals surface area contributed by atoms with E-state index in [-0.39, 0.29) is 5.91 Å². The molecule has 0 aromatic heterocycles. The van der Waals surface area contributed by atoms with Crippen LogP contribution in [0.5, 0.6) is 0 Å². The highest BCUT2D eigenvalue weighted by Gasteiger charge is 2.33. The highest BCUT2D eigenvalue weighted by atomic mass is 32.2. The van der Waals surface area contributed by atoms with Crippen LogP contribution in [0.15, 0.2) is 64.5 Å². The monoisotopic (exact) mass is 350 g/mol. The summed E-state index contributed by atoms with van der Waals surface area (Å²) in [5.41, 5.74) is 3.10. The molecule has 1 fully saturated rings. The van der Waals surface area contributed by atoms with E-state index in [0.717, 1.165) is 21.3 Å². The summed E-state index contributed by atoms with van der Waals surface area (Å²) in [6, 6.07) is 18.0. The quantitative estimate of drug-likeness (QED) is 0.705. The Hall–Kier alpha value is -2.33. The second kappa shape index (κ2) is 7.70. The molecule has 1 aliphatic rings. The van der Waals surface area contributed by atoms with E-state index in [1.807, 2.05) is 60.7 Å². The third kappa shape index (κ3) is 4.40.